The van der Waals surface area contributed by atoms with Crippen LogP contribution in [0.25, 0.3) is 22.3 Å². The van der Waals surface area contributed by atoms with E-state index >= 15 is 0 Å². The van der Waals surface area contributed by atoms with Crippen LogP contribution in [0.4, 0.5) is 13.2 Å². The maximum absolute atomic E-state index is 13.4. The Hall–Kier alpha value is -3.43. The van der Waals surface area contributed by atoms with Gasteiger partial charge in [-0.05, 0) is 19.1 Å². The first-order chi connectivity index (χ1) is 12.6. The summed E-state index contributed by atoms with van der Waals surface area (Å²) in [5, 5.41) is 18.7. The molecule has 3 aromatic rings. The summed E-state index contributed by atoms with van der Waals surface area (Å²) in [6, 6.07) is 3.58. The van der Waals surface area contributed by atoms with Crippen LogP contribution < -0.4 is 5.43 Å². The number of esters is 1. The predicted octanol–water partition coefficient (Wildman–Crippen LogP) is 3.66. The molecule has 0 aliphatic carbocycles. The molecule has 2 heterocycles. The summed E-state index contributed by atoms with van der Waals surface area (Å²) >= 11 is 0. The summed E-state index contributed by atoms with van der Waals surface area (Å²) in [5.74, 6) is -4.98. The summed E-state index contributed by atoms with van der Waals surface area (Å²) in [7, 11) is 0. The van der Waals surface area contributed by atoms with Crippen LogP contribution in [0, 0.1) is 0 Å². The van der Waals surface area contributed by atoms with E-state index in [0.29, 0.717) is 0 Å². The van der Waals surface area contributed by atoms with Crippen LogP contribution in [-0.4, -0.2) is 22.8 Å². The Balaban J connectivity index is 2.33. The van der Waals surface area contributed by atoms with Gasteiger partial charge in [-0.1, -0.05) is 0 Å². The second kappa shape index (κ2) is 6.38. The van der Waals surface area contributed by atoms with Gasteiger partial charge in [-0.3, -0.25) is 4.79 Å². The second-order valence-electron chi connectivity index (χ2n) is 5.36. The summed E-state index contributed by atoms with van der Waals surface area (Å²) in [4.78, 5) is 24.3. The molecule has 27 heavy (non-hydrogen) atoms. The van der Waals surface area contributed by atoms with E-state index in [9.17, 15) is 33.0 Å². The lowest BCUT2D eigenvalue weighted by molar-refractivity contribution is -0.152. The molecular formula is C17H11F3O7. The molecule has 0 aliphatic heterocycles. The minimum absolute atomic E-state index is 0.0121. The van der Waals surface area contributed by atoms with Gasteiger partial charge in [0.2, 0.25) is 16.9 Å². The number of hydrogen-bond donors (Lipinski definition) is 2. The fraction of sp³-hybridized carbons (Fsp3) is 0.176. The van der Waals surface area contributed by atoms with E-state index in [-0.39, 0.29) is 6.61 Å². The lowest BCUT2D eigenvalue weighted by Crippen LogP contribution is -2.16. The Bertz CT molecular complexity index is 1090. The smallest absolute Gasteiger partial charge is 0.450 e. The number of hydrogen-bond acceptors (Lipinski definition) is 7. The highest BCUT2D eigenvalue weighted by atomic mass is 19.4. The Morgan fingerprint density at radius 3 is 2.52 bits per heavy atom. The van der Waals surface area contributed by atoms with Crippen molar-refractivity contribution in [1.82, 2.24) is 0 Å². The molecule has 0 saturated carbocycles. The molecule has 2 aromatic heterocycles. The standard InChI is InChI=1S/C17H11F3O7/c1-2-25-16(24)10-4-3-9(26-10)13-14(23)12-8(22)5-7(21)6-11(12)27-15(13)17(18,19)20/h3-6,21-22H,2H2,1H3. The zero-order valence-corrected chi connectivity index (χ0v) is 13.6. The molecule has 10 heteroatoms. The molecule has 7 nitrogen and oxygen atoms in total. The number of carbonyl (C=O) groups excluding carboxylic acids is 1. The van der Waals surface area contributed by atoms with Crippen LogP contribution in [0.3, 0.4) is 0 Å². The van der Waals surface area contributed by atoms with Crippen LogP contribution in [0.2, 0.25) is 0 Å². The second-order valence-corrected chi connectivity index (χ2v) is 5.36. The van der Waals surface area contributed by atoms with E-state index in [1.165, 1.54) is 6.92 Å². The van der Waals surface area contributed by atoms with Crippen molar-refractivity contribution in [3.63, 3.8) is 0 Å². The number of aromatic hydroxyl groups is 2. The van der Waals surface area contributed by atoms with Crippen LogP contribution >= 0.6 is 0 Å². The maximum atomic E-state index is 13.4. The predicted molar refractivity (Wildman–Crippen MR) is 84.5 cm³/mol. The number of benzene rings is 1. The van der Waals surface area contributed by atoms with Crippen molar-refractivity contribution in [3.8, 4) is 22.8 Å². The monoisotopic (exact) mass is 384 g/mol. The Kier molecular flexibility index (Phi) is 4.34. The number of alkyl halides is 3. The highest BCUT2D eigenvalue weighted by Gasteiger charge is 2.41. The lowest BCUT2D eigenvalue weighted by atomic mass is 10.1. The average molecular weight is 384 g/mol. The number of ether oxygens (including phenoxy) is 1. The molecule has 0 unspecified atom stereocenters. The highest BCUT2D eigenvalue weighted by Crippen LogP contribution is 2.39. The first kappa shape index (κ1) is 18.4. The molecule has 0 aliphatic rings. The SMILES string of the molecule is CCOC(=O)c1ccc(-c2c(C(F)(F)F)oc3cc(O)cc(O)c3c2=O)o1. The van der Waals surface area contributed by atoms with Gasteiger partial charge >= 0.3 is 12.1 Å². The van der Waals surface area contributed by atoms with Crippen LogP contribution in [-0.2, 0) is 10.9 Å². The zero-order valence-electron chi connectivity index (χ0n) is 13.6. The topological polar surface area (TPSA) is 110 Å². The number of phenolic OH excluding ortho intramolecular Hbond substituents is 2. The molecule has 2 N–H and O–H groups in total. The van der Waals surface area contributed by atoms with Crippen molar-refractivity contribution in [2.45, 2.75) is 13.1 Å². The van der Waals surface area contributed by atoms with Crippen molar-refractivity contribution in [3.05, 3.63) is 46.0 Å². The third kappa shape index (κ3) is 3.21. The number of carbonyl (C=O) groups is 1. The van der Waals surface area contributed by atoms with Gasteiger partial charge in [-0.2, -0.15) is 13.2 Å². The zero-order chi connectivity index (χ0) is 19.9. The highest BCUT2D eigenvalue weighted by molar-refractivity contribution is 5.90. The number of halogens is 3. The van der Waals surface area contributed by atoms with Gasteiger partial charge in [-0.25, -0.2) is 4.79 Å². The molecule has 0 atom stereocenters. The van der Waals surface area contributed by atoms with Crippen LogP contribution in [0.1, 0.15) is 23.2 Å². The third-order valence-electron chi connectivity index (χ3n) is 3.55. The van der Waals surface area contributed by atoms with Gasteiger partial charge in [0, 0.05) is 12.1 Å². The molecule has 0 radical (unpaired) electrons. The molecule has 0 saturated heterocycles. The van der Waals surface area contributed by atoms with Crippen LogP contribution in [0.15, 0.2) is 37.9 Å². The summed E-state index contributed by atoms with van der Waals surface area (Å²) in [6.07, 6.45) is -5.10. The number of furan rings is 1. The first-order valence-electron chi connectivity index (χ1n) is 7.50. The minimum Gasteiger partial charge on any atom is -0.508 e. The van der Waals surface area contributed by atoms with Crippen molar-refractivity contribution in [2.24, 2.45) is 0 Å². The van der Waals surface area contributed by atoms with E-state index in [0.717, 1.165) is 24.3 Å². The van der Waals surface area contributed by atoms with Crippen molar-refractivity contribution >= 4 is 16.9 Å². The lowest BCUT2D eigenvalue weighted by Gasteiger charge is -2.12. The minimum atomic E-state index is -5.10. The Morgan fingerprint density at radius 1 is 1.19 bits per heavy atom. The number of fused-ring (bicyclic) bond motifs is 1. The summed E-state index contributed by atoms with van der Waals surface area (Å²) < 4.78 is 54.8. The number of rotatable bonds is 3. The number of phenols is 2. The molecule has 0 bridgehead atoms. The molecule has 0 fully saturated rings. The summed E-state index contributed by atoms with van der Waals surface area (Å²) in [6.45, 7) is 1.54. The maximum Gasteiger partial charge on any atom is 0.450 e. The van der Waals surface area contributed by atoms with Gasteiger partial charge in [0.1, 0.15) is 33.8 Å². The third-order valence-corrected chi connectivity index (χ3v) is 3.55. The average Bonchev–Trinajstić information content (AvgIpc) is 3.02. The Labute approximate surface area is 148 Å². The molecule has 0 amide bonds. The van der Waals surface area contributed by atoms with E-state index in [1.54, 1.807) is 0 Å². The summed E-state index contributed by atoms with van der Waals surface area (Å²) in [5.41, 5.74) is -2.93. The van der Waals surface area contributed by atoms with Crippen LogP contribution in [0.5, 0.6) is 11.5 Å². The molecule has 3 rings (SSSR count). The van der Waals surface area contributed by atoms with Gasteiger partial charge in [-0.15, -0.1) is 0 Å². The van der Waals surface area contributed by atoms with E-state index in [1.807, 2.05) is 0 Å². The quantitative estimate of drug-likeness (QED) is 0.663. The van der Waals surface area contributed by atoms with Gasteiger partial charge in [0.15, 0.2) is 0 Å². The van der Waals surface area contributed by atoms with Gasteiger partial charge < -0.3 is 23.8 Å². The van der Waals surface area contributed by atoms with Crippen molar-refractivity contribution in [1.29, 1.82) is 0 Å². The first-order valence-corrected chi connectivity index (χ1v) is 7.50. The largest absolute Gasteiger partial charge is 0.508 e. The van der Waals surface area contributed by atoms with Crippen molar-refractivity contribution < 1.29 is 41.8 Å². The fourth-order valence-electron chi connectivity index (χ4n) is 2.49. The van der Waals surface area contributed by atoms with Crippen molar-refractivity contribution in [2.75, 3.05) is 6.61 Å². The van der Waals surface area contributed by atoms with E-state index in [2.05, 4.69) is 4.74 Å². The van der Waals surface area contributed by atoms with E-state index in [4.69, 9.17) is 8.83 Å². The van der Waals surface area contributed by atoms with Gasteiger partial charge in [0.05, 0.1) is 6.61 Å². The van der Waals surface area contributed by atoms with Gasteiger partial charge in [0.25, 0.3) is 0 Å². The Morgan fingerprint density at radius 2 is 1.89 bits per heavy atom. The molecular weight excluding hydrogens is 373 g/mol. The molecule has 142 valence electrons. The molecule has 0 spiro atoms. The normalized spacial score (nSPS) is 11.7. The van der Waals surface area contributed by atoms with E-state index < -0.39 is 62.9 Å². The fourth-order valence-corrected chi connectivity index (χ4v) is 2.49. The molecule has 1 aromatic carbocycles.